The number of aromatic nitrogens is 1. The van der Waals surface area contributed by atoms with Gasteiger partial charge in [0.1, 0.15) is 6.07 Å². The number of nitrogens with zero attached hydrogens (tertiary/aromatic N) is 2. The van der Waals surface area contributed by atoms with E-state index in [2.05, 4.69) is 20.9 Å². The van der Waals surface area contributed by atoms with E-state index in [0.717, 1.165) is 4.47 Å². The molecule has 0 amide bonds. The number of halogens is 1. The minimum atomic E-state index is -1.10. The fraction of sp³-hybridized carbons (Fsp3) is 0. The summed E-state index contributed by atoms with van der Waals surface area (Å²) in [6.07, 6.45) is 1.36. The van der Waals surface area contributed by atoms with Crippen molar-refractivity contribution in [2.75, 3.05) is 0 Å². The molecule has 5 heteroatoms. The van der Waals surface area contributed by atoms with Gasteiger partial charge in [0.05, 0.1) is 16.8 Å². The summed E-state index contributed by atoms with van der Waals surface area (Å²) in [7, 11) is 0. The second-order valence-corrected chi connectivity index (χ2v) is 4.46. The molecule has 0 aliphatic rings. The molecule has 0 saturated carbocycles. The summed E-state index contributed by atoms with van der Waals surface area (Å²) in [6.45, 7) is 0. The lowest BCUT2D eigenvalue weighted by Gasteiger charge is -2.06. The monoisotopic (exact) mass is 302 g/mol. The lowest BCUT2D eigenvalue weighted by molar-refractivity contribution is 0.0697. The first kappa shape index (κ1) is 12.3. The van der Waals surface area contributed by atoms with Crippen LogP contribution in [0.3, 0.4) is 0 Å². The van der Waals surface area contributed by atoms with Gasteiger partial charge in [-0.2, -0.15) is 5.26 Å². The van der Waals surface area contributed by atoms with Crippen molar-refractivity contribution in [3.05, 3.63) is 52.1 Å². The third kappa shape index (κ3) is 2.39. The van der Waals surface area contributed by atoms with Crippen LogP contribution >= 0.6 is 15.9 Å². The first-order valence-corrected chi connectivity index (χ1v) is 5.80. The largest absolute Gasteiger partial charge is 0.478 e. The van der Waals surface area contributed by atoms with Gasteiger partial charge in [-0.3, -0.25) is 4.98 Å². The number of carbonyl (C=O) groups is 1. The van der Waals surface area contributed by atoms with Gasteiger partial charge in [-0.15, -0.1) is 0 Å². The molecule has 0 fully saturated rings. The molecule has 2 rings (SSSR count). The second kappa shape index (κ2) is 4.98. The summed E-state index contributed by atoms with van der Waals surface area (Å²) in [4.78, 5) is 15.2. The number of carboxylic acids is 1. The normalized spacial score (nSPS) is 9.78. The average molecular weight is 303 g/mol. The molecule has 1 aromatic carbocycles. The zero-order chi connectivity index (χ0) is 13.1. The minimum absolute atomic E-state index is 0.0205. The third-order valence-corrected chi connectivity index (χ3v) is 2.84. The molecule has 18 heavy (non-hydrogen) atoms. The Labute approximate surface area is 112 Å². The zero-order valence-electron chi connectivity index (χ0n) is 9.09. The average Bonchev–Trinajstić information content (AvgIpc) is 2.38. The lowest BCUT2D eigenvalue weighted by atomic mass is 10.0. The number of rotatable bonds is 2. The Morgan fingerprint density at radius 1 is 1.39 bits per heavy atom. The Kier molecular flexibility index (Phi) is 3.40. The van der Waals surface area contributed by atoms with Gasteiger partial charge >= 0.3 is 5.97 Å². The number of hydrogen-bond acceptors (Lipinski definition) is 3. The maximum Gasteiger partial charge on any atom is 0.337 e. The third-order valence-electron chi connectivity index (χ3n) is 2.35. The Hall–Kier alpha value is -2.19. The molecule has 0 bridgehead atoms. The van der Waals surface area contributed by atoms with Crippen LogP contribution in [0.5, 0.6) is 0 Å². The molecule has 88 valence electrons. The van der Waals surface area contributed by atoms with Gasteiger partial charge in [0, 0.05) is 16.2 Å². The molecule has 1 aromatic heterocycles. The standard InChI is InChI=1S/C13H7BrN2O2/c14-10-3-1-2-9(5-10)12-11(13(17)18)4-8(6-15)7-16-12/h1-5,7H,(H,17,18). The highest BCUT2D eigenvalue weighted by molar-refractivity contribution is 9.10. The molecule has 0 aliphatic carbocycles. The van der Waals surface area contributed by atoms with Gasteiger partial charge in [0.25, 0.3) is 0 Å². The van der Waals surface area contributed by atoms with E-state index in [-0.39, 0.29) is 11.1 Å². The van der Waals surface area contributed by atoms with Crippen LogP contribution in [-0.2, 0) is 0 Å². The van der Waals surface area contributed by atoms with E-state index >= 15 is 0 Å². The van der Waals surface area contributed by atoms with Gasteiger partial charge in [-0.05, 0) is 18.2 Å². The van der Waals surface area contributed by atoms with Crippen LogP contribution in [0, 0.1) is 11.3 Å². The van der Waals surface area contributed by atoms with Crippen molar-refractivity contribution in [1.82, 2.24) is 4.98 Å². The van der Waals surface area contributed by atoms with Crippen molar-refractivity contribution in [2.45, 2.75) is 0 Å². The van der Waals surface area contributed by atoms with E-state index in [1.165, 1.54) is 12.3 Å². The van der Waals surface area contributed by atoms with E-state index in [9.17, 15) is 4.79 Å². The number of benzene rings is 1. The first-order valence-electron chi connectivity index (χ1n) is 5.01. The first-order chi connectivity index (χ1) is 8.61. The second-order valence-electron chi connectivity index (χ2n) is 3.55. The van der Waals surface area contributed by atoms with Crippen LogP contribution in [-0.4, -0.2) is 16.1 Å². The fourth-order valence-electron chi connectivity index (χ4n) is 1.55. The van der Waals surface area contributed by atoms with Crippen molar-refractivity contribution in [1.29, 1.82) is 5.26 Å². The van der Waals surface area contributed by atoms with Crippen LogP contribution in [0.15, 0.2) is 41.0 Å². The number of pyridine rings is 1. The Morgan fingerprint density at radius 2 is 2.17 bits per heavy atom. The summed E-state index contributed by atoms with van der Waals surface area (Å²) < 4.78 is 0.836. The molecule has 1 heterocycles. The number of carboxylic acid groups (broad SMARTS) is 1. The quantitative estimate of drug-likeness (QED) is 0.925. The molecule has 0 radical (unpaired) electrons. The van der Waals surface area contributed by atoms with E-state index in [0.29, 0.717) is 11.3 Å². The summed E-state index contributed by atoms with van der Waals surface area (Å²) in [5, 5.41) is 17.9. The van der Waals surface area contributed by atoms with Crippen LogP contribution < -0.4 is 0 Å². The number of hydrogen-bond donors (Lipinski definition) is 1. The van der Waals surface area contributed by atoms with Gasteiger partial charge in [0.15, 0.2) is 0 Å². The van der Waals surface area contributed by atoms with Crippen molar-refractivity contribution >= 4 is 21.9 Å². The SMILES string of the molecule is N#Cc1cnc(-c2cccc(Br)c2)c(C(=O)O)c1. The topological polar surface area (TPSA) is 74.0 Å². The Balaban J connectivity index is 2.64. The summed E-state index contributed by atoms with van der Waals surface area (Å²) in [6, 6.07) is 10.4. The van der Waals surface area contributed by atoms with Crippen molar-refractivity contribution in [2.24, 2.45) is 0 Å². The van der Waals surface area contributed by atoms with Crippen molar-refractivity contribution < 1.29 is 9.90 Å². The van der Waals surface area contributed by atoms with E-state index < -0.39 is 5.97 Å². The summed E-state index contributed by atoms with van der Waals surface area (Å²) >= 11 is 3.32. The molecule has 2 aromatic rings. The number of nitriles is 1. The van der Waals surface area contributed by atoms with Gasteiger partial charge < -0.3 is 5.11 Å². The fourth-order valence-corrected chi connectivity index (χ4v) is 1.95. The highest BCUT2D eigenvalue weighted by atomic mass is 79.9. The molecule has 4 nitrogen and oxygen atoms in total. The van der Waals surface area contributed by atoms with Crippen molar-refractivity contribution in [3.8, 4) is 17.3 Å². The van der Waals surface area contributed by atoms with Gasteiger partial charge in [0.2, 0.25) is 0 Å². The van der Waals surface area contributed by atoms with Crippen LogP contribution in [0.25, 0.3) is 11.3 Å². The van der Waals surface area contributed by atoms with E-state index in [4.69, 9.17) is 10.4 Å². The molecule has 1 N–H and O–H groups in total. The molecular weight excluding hydrogens is 296 g/mol. The Morgan fingerprint density at radius 3 is 2.78 bits per heavy atom. The predicted octanol–water partition coefficient (Wildman–Crippen LogP) is 3.08. The van der Waals surface area contributed by atoms with Gasteiger partial charge in [-0.25, -0.2) is 4.79 Å². The maximum atomic E-state index is 11.2. The smallest absolute Gasteiger partial charge is 0.337 e. The van der Waals surface area contributed by atoms with E-state index in [1.807, 2.05) is 12.1 Å². The Bertz CT molecular complexity index is 662. The summed E-state index contributed by atoms with van der Waals surface area (Å²) in [5.41, 5.74) is 1.28. The highest BCUT2D eigenvalue weighted by Crippen LogP contribution is 2.25. The zero-order valence-corrected chi connectivity index (χ0v) is 10.7. The number of aromatic carboxylic acids is 1. The molecular formula is C13H7BrN2O2. The highest BCUT2D eigenvalue weighted by Gasteiger charge is 2.14. The summed E-state index contributed by atoms with van der Waals surface area (Å²) in [5.74, 6) is -1.10. The molecule has 0 unspecified atom stereocenters. The predicted molar refractivity (Wildman–Crippen MR) is 69.0 cm³/mol. The minimum Gasteiger partial charge on any atom is -0.478 e. The molecule has 0 saturated heterocycles. The van der Waals surface area contributed by atoms with Crippen LogP contribution in [0.2, 0.25) is 0 Å². The van der Waals surface area contributed by atoms with Gasteiger partial charge in [-0.1, -0.05) is 28.1 Å². The van der Waals surface area contributed by atoms with Crippen molar-refractivity contribution in [3.63, 3.8) is 0 Å². The molecule has 0 atom stereocenters. The lowest BCUT2D eigenvalue weighted by Crippen LogP contribution is -2.02. The maximum absolute atomic E-state index is 11.2. The molecule has 0 aliphatic heterocycles. The van der Waals surface area contributed by atoms with Crippen LogP contribution in [0.1, 0.15) is 15.9 Å². The molecule has 0 spiro atoms. The van der Waals surface area contributed by atoms with E-state index in [1.54, 1.807) is 18.2 Å². The van der Waals surface area contributed by atoms with Crippen LogP contribution in [0.4, 0.5) is 0 Å².